The quantitative estimate of drug-likeness (QED) is 0.193. The molecule has 0 heterocycles. The molecule has 1 nitrogen and oxygen atoms in total. The molecule has 0 aromatic heterocycles. The SMILES string of the molecule is CC1(C)c2ccccc2-c2c(-c3ccc4ccccc4c3)c3c(c(N(c4ccccc4)c4ccccc4)c21)C(C)(C)c1ccccc1-3. The third-order valence-electron chi connectivity index (χ3n) is 10.8. The van der Waals surface area contributed by atoms with E-state index < -0.39 is 0 Å². The van der Waals surface area contributed by atoms with Crippen LogP contribution in [0.2, 0.25) is 0 Å². The molecule has 0 unspecified atom stereocenters. The zero-order valence-electron chi connectivity index (χ0n) is 27.4. The number of anilines is 3. The maximum absolute atomic E-state index is 2.54. The van der Waals surface area contributed by atoms with Crippen LogP contribution in [0.25, 0.3) is 44.2 Å². The van der Waals surface area contributed by atoms with Gasteiger partial charge in [-0.05, 0) is 96.7 Å². The van der Waals surface area contributed by atoms with Gasteiger partial charge in [-0.2, -0.15) is 0 Å². The minimum absolute atomic E-state index is 0.242. The summed E-state index contributed by atoms with van der Waals surface area (Å²) in [6, 6.07) is 56.0. The van der Waals surface area contributed by atoms with E-state index >= 15 is 0 Å². The second-order valence-electron chi connectivity index (χ2n) is 14.1. The second-order valence-corrected chi connectivity index (χ2v) is 14.1. The Bertz CT molecular complexity index is 2220. The van der Waals surface area contributed by atoms with Gasteiger partial charge < -0.3 is 4.90 Å². The summed E-state index contributed by atoms with van der Waals surface area (Å²) >= 11 is 0. The molecule has 0 saturated carbocycles. The summed E-state index contributed by atoms with van der Waals surface area (Å²) in [5.74, 6) is 0. The molecule has 0 amide bonds. The van der Waals surface area contributed by atoms with Gasteiger partial charge in [-0.1, -0.05) is 149 Å². The van der Waals surface area contributed by atoms with E-state index in [1.807, 2.05) is 0 Å². The molecule has 9 rings (SSSR count). The molecule has 226 valence electrons. The maximum Gasteiger partial charge on any atom is 0.0556 e. The molecule has 0 N–H and O–H groups in total. The molecule has 0 fully saturated rings. The summed E-state index contributed by atoms with van der Waals surface area (Å²) in [6.07, 6.45) is 0. The molecule has 0 aliphatic heterocycles. The van der Waals surface area contributed by atoms with Crippen molar-refractivity contribution in [3.05, 3.63) is 174 Å². The molecule has 7 aromatic carbocycles. The third kappa shape index (κ3) is 3.90. The lowest BCUT2D eigenvalue weighted by Crippen LogP contribution is -2.26. The summed E-state index contributed by atoms with van der Waals surface area (Å²) in [5, 5.41) is 2.53. The number of benzene rings is 7. The summed E-state index contributed by atoms with van der Waals surface area (Å²) in [5.41, 5.74) is 16.7. The van der Waals surface area contributed by atoms with E-state index in [2.05, 4.69) is 184 Å². The number of para-hydroxylation sites is 2. The zero-order valence-corrected chi connectivity index (χ0v) is 27.4. The lowest BCUT2D eigenvalue weighted by atomic mass is 9.73. The number of hydrogen-bond donors (Lipinski definition) is 0. The Labute approximate surface area is 277 Å². The van der Waals surface area contributed by atoms with Gasteiger partial charge >= 0.3 is 0 Å². The molecular weight excluding hydrogens is 567 g/mol. The highest BCUT2D eigenvalue weighted by Crippen LogP contribution is 2.66. The fourth-order valence-electron chi connectivity index (χ4n) is 8.67. The van der Waals surface area contributed by atoms with Crippen molar-refractivity contribution in [2.75, 3.05) is 4.90 Å². The van der Waals surface area contributed by atoms with E-state index in [9.17, 15) is 0 Å². The first-order valence-corrected chi connectivity index (χ1v) is 16.7. The van der Waals surface area contributed by atoms with E-state index in [1.54, 1.807) is 0 Å². The Morgan fingerprint density at radius 3 is 1.38 bits per heavy atom. The molecule has 0 radical (unpaired) electrons. The predicted octanol–water partition coefficient (Wildman–Crippen LogP) is 12.6. The highest BCUT2D eigenvalue weighted by molar-refractivity contribution is 6.10. The smallest absolute Gasteiger partial charge is 0.0556 e. The van der Waals surface area contributed by atoms with Gasteiger partial charge in [0.05, 0.1) is 5.69 Å². The van der Waals surface area contributed by atoms with Crippen molar-refractivity contribution in [1.82, 2.24) is 0 Å². The van der Waals surface area contributed by atoms with Gasteiger partial charge in [0.25, 0.3) is 0 Å². The fourth-order valence-corrected chi connectivity index (χ4v) is 8.67. The van der Waals surface area contributed by atoms with Crippen molar-refractivity contribution >= 4 is 27.8 Å². The van der Waals surface area contributed by atoms with Crippen LogP contribution in [0.15, 0.2) is 152 Å². The van der Waals surface area contributed by atoms with Gasteiger partial charge in [0.15, 0.2) is 0 Å². The first-order valence-electron chi connectivity index (χ1n) is 16.7. The highest BCUT2D eigenvalue weighted by Gasteiger charge is 2.48. The van der Waals surface area contributed by atoms with Crippen molar-refractivity contribution < 1.29 is 0 Å². The van der Waals surface area contributed by atoms with Crippen LogP contribution in [-0.4, -0.2) is 0 Å². The zero-order chi connectivity index (χ0) is 31.9. The second kappa shape index (κ2) is 10.0. The third-order valence-corrected chi connectivity index (χ3v) is 10.8. The average molecular weight is 604 g/mol. The number of hydrogen-bond acceptors (Lipinski definition) is 1. The first kappa shape index (κ1) is 27.9. The number of rotatable bonds is 4. The Balaban J connectivity index is 1.53. The first-order chi connectivity index (χ1) is 22.9. The van der Waals surface area contributed by atoms with Crippen LogP contribution in [0.5, 0.6) is 0 Å². The molecule has 0 spiro atoms. The van der Waals surface area contributed by atoms with Gasteiger partial charge in [0.1, 0.15) is 0 Å². The van der Waals surface area contributed by atoms with Crippen LogP contribution in [0.1, 0.15) is 49.9 Å². The lowest BCUT2D eigenvalue weighted by molar-refractivity contribution is 0.640. The minimum atomic E-state index is -0.242. The van der Waals surface area contributed by atoms with Gasteiger partial charge in [-0.25, -0.2) is 0 Å². The van der Waals surface area contributed by atoms with E-state index in [-0.39, 0.29) is 10.8 Å². The van der Waals surface area contributed by atoms with E-state index in [4.69, 9.17) is 0 Å². The summed E-state index contributed by atoms with van der Waals surface area (Å²) in [6.45, 7) is 9.73. The monoisotopic (exact) mass is 603 g/mol. The van der Waals surface area contributed by atoms with Crippen LogP contribution >= 0.6 is 0 Å². The van der Waals surface area contributed by atoms with Crippen LogP contribution in [-0.2, 0) is 10.8 Å². The predicted molar refractivity (Wildman–Crippen MR) is 199 cm³/mol. The largest absolute Gasteiger partial charge is 0.310 e. The molecule has 1 heteroatoms. The van der Waals surface area contributed by atoms with Crippen molar-refractivity contribution in [3.63, 3.8) is 0 Å². The van der Waals surface area contributed by atoms with Crippen LogP contribution in [0.3, 0.4) is 0 Å². The van der Waals surface area contributed by atoms with Gasteiger partial charge in [-0.3, -0.25) is 0 Å². The Kier molecular flexibility index (Phi) is 5.96. The van der Waals surface area contributed by atoms with E-state index in [1.165, 1.54) is 83.5 Å². The van der Waals surface area contributed by atoms with Crippen molar-refractivity contribution in [3.8, 4) is 33.4 Å². The van der Waals surface area contributed by atoms with Gasteiger partial charge in [-0.15, -0.1) is 0 Å². The van der Waals surface area contributed by atoms with Crippen molar-refractivity contribution in [1.29, 1.82) is 0 Å². The maximum atomic E-state index is 2.54. The molecule has 2 aliphatic carbocycles. The molecule has 7 aromatic rings. The standard InChI is InChI=1S/C46H37N/c1-45(2)37-25-15-13-23-35(37)40-39(32-28-27-30-17-11-12-18-31(30)29-32)41-36-24-14-16-26-38(36)46(3,4)43(41)44(42(40)45)47(33-19-7-5-8-20-33)34-21-9-6-10-22-34/h5-29H,1-4H3. The van der Waals surface area contributed by atoms with E-state index in [0.717, 1.165) is 0 Å². The van der Waals surface area contributed by atoms with Gasteiger partial charge in [0.2, 0.25) is 0 Å². The number of fused-ring (bicyclic) bond motifs is 7. The highest BCUT2D eigenvalue weighted by atomic mass is 15.2. The van der Waals surface area contributed by atoms with Crippen LogP contribution in [0.4, 0.5) is 17.1 Å². The van der Waals surface area contributed by atoms with Crippen LogP contribution < -0.4 is 4.90 Å². The molecule has 2 aliphatic rings. The molecule has 0 atom stereocenters. The van der Waals surface area contributed by atoms with Crippen molar-refractivity contribution in [2.24, 2.45) is 0 Å². The van der Waals surface area contributed by atoms with Crippen LogP contribution in [0, 0.1) is 0 Å². The Morgan fingerprint density at radius 2 is 0.851 bits per heavy atom. The lowest BCUT2D eigenvalue weighted by Gasteiger charge is -2.38. The summed E-state index contributed by atoms with van der Waals surface area (Å²) in [4.78, 5) is 2.54. The fraction of sp³-hybridized carbons (Fsp3) is 0.130. The number of nitrogens with zero attached hydrogens (tertiary/aromatic N) is 1. The Hall–Kier alpha value is -5.40. The van der Waals surface area contributed by atoms with Crippen molar-refractivity contribution in [2.45, 2.75) is 38.5 Å². The average Bonchev–Trinajstić information content (AvgIpc) is 3.49. The molecule has 0 saturated heterocycles. The summed E-state index contributed by atoms with van der Waals surface area (Å²) < 4.78 is 0. The van der Waals surface area contributed by atoms with Gasteiger partial charge in [0, 0.05) is 22.2 Å². The normalized spacial score (nSPS) is 14.7. The topological polar surface area (TPSA) is 3.24 Å². The molecule has 0 bridgehead atoms. The Morgan fingerprint density at radius 1 is 0.404 bits per heavy atom. The molecular formula is C46H37N. The van der Waals surface area contributed by atoms with E-state index in [0.29, 0.717) is 0 Å². The molecule has 47 heavy (non-hydrogen) atoms. The minimum Gasteiger partial charge on any atom is -0.310 e. The summed E-state index contributed by atoms with van der Waals surface area (Å²) in [7, 11) is 0.